The lowest BCUT2D eigenvalue weighted by atomic mass is 10.2. The minimum Gasteiger partial charge on any atom is -0.493 e. The highest BCUT2D eigenvalue weighted by molar-refractivity contribution is 5.72. The standard InChI is InChI=1S/C15H25N3O2/c1-4-18(11-5-6-11)8-7-17-13-10-15(20-3)14(19-2)9-12(13)16/h9-11,17H,4-8,16H2,1-3H3. The molecule has 0 unspecified atom stereocenters. The Morgan fingerprint density at radius 1 is 1.25 bits per heavy atom. The van der Waals surface area contributed by atoms with E-state index in [1.54, 1.807) is 20.3 Å². The molecule has 0 bridgehead atoms. The van der Waals surface area contributed by atoms with Gasteiger partial charge in [0.1, 0.15) is 0 Å². The van der Waals surface area contributed by atoms with E-state index >= 15 is 0 Å². The van der Waals surface area contributed by atoms with Gasteiger partial charge in [-0.25, -0.2) is 0 Å². The Morgan fingerprint density at radius 3 is 2.45 bits per heavy atom. The zero-order valence-electron chi connectivity index (χ0n) is 12.6. The maximum absolute atomic E-state index is 6.03. The van der Waals surface area contributed by atoms with Gasteiger partial charge in [-0.2, -0.15) is 0 Å². The molecule has 1 aromatic rings. The van der Waals surface area contributed by atoms with Crippen LogP contribution in [0, 0.1) is 0 Å². The van der Waals surface area contributed by atoms with Gasteiger partial charge in [-0.05, 0) is 19.4 Å². The van der Waals surface area contributed by atoms with Crippen molar-refractivity contribution < 1.29 is 9.47 Å². The lowest BCUT2D eigenvalue weighted by Crippen LogP contribution is -2.31. The molecule has 1 aliphatic rings. The summed E-state index contributed by atoms with van der Waals surface area (Å²) >= 11 is 0. The fourth-order valence-electron chi connectivity index (χ4n) is 2.42. The number of anilines is 2. The normalized spacial score (nSPS) is 14.4. The van der Waals surface area contributed by atoms with Gasteiger partial charge < -0.3 is 20.5 Å². The average molecular weight is 279 g/mol. The Bertz CT molecular complexity index is 447. The van der Waals surface area contributed by atoms with E-state index in [0.717, 1.165) is 31.4 Å². The van der Waals surface area contributed by atoms with Crippen LogP contribution in [0.1, 0.15) is 19.8 Å². The Hall–Kier alpha value is -1.62. The zero-order valence-corrected chi connectivity index (χ0v) is 12.6. The molecule has 5 heteroatoms. The van der Waals surface area contributed by atoms with Crippen LogP contribution >= 0.6 is 0 Å². The Kier molecular flexibility index (Phi) is 4.95. The van der Waals surface area contributed by atoms with Crippen LogP contribution in [0.5, 0.6) is 11.5 Å². The second-order valence-corrected chi connectivity index (χ2v) is 5.08. The van der Waals surface area contributed by atoms with Gasteiger partial charge in [0.25, 0.3) is 0 Å². The molecule has 20 heavy (non-hydrogen) atoms. The first kappa shape index (κ1) is 14.8. The number of nitrogen functional groups attached to an aromatic ring is 1. The fraction of sp³-hybridized carbons (Fsp3) is 0.600. The SMILES string of the molecule is CCN(CCNc1cc(OC)c(OC)cc1N)C1CC1. The molecule has 0 radical (unpaired) electrons. The molecule has 3 N–H and O–H groups in total. The predicted octanol–water partition coefficient (Wildman–Crippen LogP) is 2.18. The Balaban J connectivity index is 1.94. The molecule has 0 aromatic heterocycles. The number of ether oxygens (including phenoxy) is 2. The van der Waals surface area contributed by atoms with E-state index in [-0.39, 0.29) is 0 Å². The van der Waals surface area contributed by atoms with E-state index < -0.39 is 0 Å². The van der Waals surface area contributed by atoms with Crippen molar-refractivity contribution in [2.24, 2.45) is 0 Å². The summed E-state index contributed by atoms with van der Waals surface area (Å²) in [6, 6.07) is 4.48. The molecule has 1 aromatic carbocycles. The second-order valence-electron chi connectivity index (χ2n) is 5.08. The van der Waals surface area contributed by atoms with Crippen LogP contribution in [0.3, 0.4) is 0 Å². The van der Waals surface area contributed by atoms with Gasteiger partial charge in [0, 0.05) is 31.3 Å². The Labute approximate surface area is 121 Å². The van der Waals surface area contributed by atoms with Gasteiger partial charge in [0.05, 0.1) is 25.6 Å². The molecule has 0 heterocycles. The highest BCUT2D eigenvalue weighted by Crippen LogP contribution is 2.34. The molecular weight excluding hydrogens is 254 g/mol. The van der Waals surface area contributed by atoms with Crippen molar-refractivity contribution >= 4 is 11.4 Å². The fourth-order valence-corrected chi connectivity index (χ4v) is 2.42. The number of hydrogen-bond donors (Lipinski definition) is 2. The molecule has 2 rings (SSSR count). The summed E-state index contributed by atoms with van der Waals surface area (Å²) in [4.78, 5) is 2.50. The minimum absolute atomic E-state index is 0.656. The van der Waals surface area contributed by atoms with Crippen molar-refractivity contribution in [3.05, 3.63) is 12.1 Å². The van der Waals surface area contributed by atoms with Crippen molar-refractivity contribution in [3.8, 4) is 11.5 Å². The first-order chi connectivity index (χ1) is 9.69. The summed E-state index contributed by atoms with van der Waals surface area (Å²) in [6.45, 7) is 5.23. The summed E-state index contributed by atoms with van der Waals surface area (Å²) in [5, 5.41) is 3.38. The number of rotatable bonds is 8. The molecular formula is C15H25N3O2. The average Bonchev–Trinajstić information content (AvgIpc) is 3.29. The van der Waals surface area contributed by atoms with Gasteiger partial charge in [-0.3, -0.25) is 4.90 Å². The first-order valence-corrected chi connectivity index (χ1v) is 7.19. The van der Waals surface area contributed by atoms with Crippen LogP contribution in [0.25, 0.3) is 0 Å². The Morgan fingerprint density at radius 2 is 1.90 bits per heavy atom. The van der Waals surface area contributed by atoms with Crippen LogP contribution < -0.4 is 20.5 Å². The van der Waals surface area contributed by atoms with Crippen molar-refractivity contribution in [2.45, 2.75) is 25.8 Å². The number of likely N-dealkylation sites (N-methyl/N-ethyl adjacent to an activating group) is 1. The van der Waals surface area contributed by atoms with Crippen LogP contribution in [-0.2, 0) is 0 Å². The van der Waals surface area contributed by atoms with Gasteiger partial charge >= 0.3 is 0 Å². The van der Waals surface area contributed by atoms with Crippen molar-refractivity contribution in [2.75, 3.05) is 44.9 Å². The zero-order chi connectivity index (χ0) is 14.5. The number of hydrogen-bond acceptors (Lipinski definition) is 5. The van der Waals surface area contributed by atoms with E-state index in [9.17, 15) is 0 Å². The molecule has 0 amide bonds. The third-order valence-corrected chi connectivity index (χ3v) is 3.74. The van der Waals surface area contributed by atoms with E-state index in [0.29, 0.717) is 17.2 Å². The minimum atomic E-state index is 0.656. The maximum atomic E-state index is 6.03. The van der Waals surface area contributed by atoms with Crippen molar-refractivity contribution in [1.29, 1.82) is 0 Å². The van der Waals surface area contributed by atoms with E-state index in [1.165, 1.54) is 12.8 Å². The molecule has 0 spiro atoms. The molecule has 0 atom stereocenters. The lowest BCUT2D eigenvalue weighted by molar-refractivity contribution is 0.289. The first-order valence-electron chi connectivity index (χ1n) is 7.19. The summed E-state index contributed by atoms with van der Waals surface area (Å²) in [7, 11) is 3.24. The molecule has 0 saturated heterocycles. The smallest absolute Gasteiger partial charge is 0.162 e. The summed E-state index contributed by atoms with van der Waals surface area (Å²) in [5.74, 6) is 1.35. The molecule has 5 nitrogen and oxygen atoms in total. The van der Waals surface area contributed by atoms with Crippen molar-refractivity contribution in [3.63, 3.8) is 0 Å². The van der Waals surface area contributed by atoms with Gasteiger partial charge in [-0.1, -0.05) is 6.92 Å². The van der Waals surface area contributed by atoms with Crippen LogP contribution in [-0.4, -0.2) is 44.8 Å². The highest BCUT2D eigenvalue weighted by Gasteiger charge is 2.27. The third kappa shape index (κ3) is 3.48. The highest BCUT2D eigenvalue weighted by atomic mass is 16.5. The quantitative estimate of drug-likeness (QED) is 0.714. The second kappa shape index (κ2) is 6.70. The molecule has 0 aliphatic heterocycles. The maximum Gasteiger partial charge on any atom is 0.162 e. The van der Waals surface area contributed by atoms with Gasteiger partial charge in [0.15, 0.2) is 11.5 Å². The molecule has 1 aliphatic carbocycles. The van der Waals surface area contributed by atoms with E-state index in [1.807, 2.05) is 6.07 Å². The van der Waals surface area contributed by atoms with Crippen LogP contribution in [0.15, 0.2) is 12.1 Å². The number of nitrogens with two attached hydrogens (primary N) is 1. The summed E-state index contributed by atoms with van der Waals surface area (Å²) in [5.41, 5.74) is 7.61. The van der Waals surface area contributed by atoms with Crippen molar-refractivity contribution in [1.82, 2.24) is 4.90 Å². The van der Waals surface area contributed by atoms with Crippen LogP contribution in [0.2, 0.25) is 0 Å². The summed E-state index contributed by atoms with van der Waals surface area (Å²) < 4.78 is 10.5. The molecule has 1 saturated carbocycles. The largest absolute Gasteiger partial charge is 0.493 e. The van der Waals surface area contributed by atoms with Gasteiger partial charge in [-0.15, -0.1) is 0 Å². The third-order valence-electron chi connectivity index (χ3n) is 3.74. The number of benzene rings is 1. The lowest BCUT2D eigenvalue weighted by Gasteiger charge is -2.21. The predicted molar refractivity (Wildman–Crippen MR) is 82.7 cm³/mol. The number of nitrogens with one attached hydrogen (secondary N) is 1. The van der Waals surface area contributed by atoms with Gasteiger partial charge in [0.2, 0.25) is 0 Å². The van der Waals surface area contributed by atoms with E-state index in [2.05, 4.69) is 17.1 Å². The monoisotopic (exact) mass is 279 g/mol. The summed E-state index contributed by atoms with van der Waals surface area (Å²) in [6.07, 6.45) is 2.68. The van der Waals surface area contributed by atoms with E-state index in [4.69, 9.17) is 15.2 Å². The van der Waals surface area contributed by atoms with Crippen LogP contribution in [0.4, 0.5) is 11.4 Å². The molecule has 112 valence electrons. The number of methoxy groups -OCH3 is 2. The number of nitrogens with zero attached hydrogens (tertiary/aromatic N) is 1. The topological polar surface area (TPSA) is 59.8 Å². The molecule has 1 fully saturated rings.